The summed E-state index contributed by atoms with van der Waals surface area (Å²) in [5.41, 5.74) is 13.9. The summed E-state index contributed by atoms with van der Waals surface area (Å²) < 4.78 is 0. The van der Waals surface area contributed by atoms with Crippen molar-refractivity contribution in [1.82, 2.24) is 19.9 Å². The summed E-state index contributed by atoms with van der Waals surface area (Å²) in [4.78, 5) is 19.2. The highest BCUT2D eigenvalue weighted by molar-refractivity contribution is 6.22. The third-order valence-electron chi connectivity index (χ3n) is 12.5. The molecule has 12 aromatic rings. The molecule has 0 aliphatic rings. The molecular weight excluding hydrogens is 777 g/mol. The van der Waals surface area contributed by atoms with Crippen molar-refractivity contribution >= 4 is 43.1 Å². The van der Waals surface area contributed by atoms with Gasteiger partial charge in [0.1, 0.15) is 0 Å². The Bertz CT molecular complexity index is 3590. The third-order valence-corrected chi connectivity index (χ3v) is 12.5. The Morgan fingerprint density at radius 1 is 0.234 bits per heavy atom. The summed E-state index contributed by atoms with van der Waals surface area (Å²) in [5, 5.41) is 9.60. The molecule has 0 radical (unpaired) electrons. The van der Waals surface area contributed by atoms with Crippen LogP contribution in [0.4, 0.5) is 0 Å². The number of benzene rings is 9. The Morgan fingerprint density at radius 2 is 0.609 bits per heavy atom. The quantitative estimate of drug-likeness (QED) is 0.150. The number of fused-ring (bicyclic) bond motifs is 4. The fraction of sp³-hybridized carbons (Fsp3) is 0. The second-order valence-electron chi connectivity index (χ2n) is 16.3. The van der Waals surface area contributed by atoms with Crippen LogP contribution in [0.5, 0.6) is 0 Å². The van der Waals surface area contributed by atoms with Gasteiger partial charge in [-0.15, -0.1) is 0 Å². The van der Waals surface area contributed by atoms with Gasteiger partial charge in [-0.2, -0.15) is 0 Å². The maximum Gasteiger partial charge on any atom is 0.160 e. The Kier molecular flexibility index (Phi) is 9.12. The average Bonchev–Trinajstić information content (AvgIpc) is 3.38. The standard InChI is InChI=1S/C60H38N4/c1-3-9-47-35-49(23-17-39(47)7-1)58-52-11-5-6-12-53(52)59(50-24-18-40-8-2-4-10-48(40)36-50)55-37-51(25-26-54(55)58)60-63-56(45-19-13-41(14-20-45)43-27-31-61-32-28-43)38-57(64-60)46-21-15-42(16-22-46)44-29-33-62-34-30-44/h1-38H. The molecule has 0 spiro atoms. The fourth-order valence-electron chi connectivity index (χ4n) is 9.26. The molecule has 0 N–H and O–H groups in total. The minimum atomic E-state index is 0.663. The van der Waals surface area contributed by atoms with E-state index in [1.165, 1.54) is 60.0 Å². The molecule has 0 saturated carbocycles. The highest BCUT2D eigenvalue weighted by Gasteiger charge is 2.20. The lowest BCUT2D eigenvalue weighted by atomic mass is 9.84. The van der Waals surface area contributed by atoms with Crippen LogP contribution in [0.15, 0.2) is 231 Å². The molecule has 12 rings (SSSR count). The molecule has 0 bridgehead atoms. The Balaban J connectivity index is 1.09. The summed E-state index contributed by atoms with van der Waals surface area (Å²) in [6, 6.07) is 74.0. The minimum absolute atomic E-state index is 0.663. The van der Waals surface area contributed by atoms with Crippen molar-refractivity contribution in [3.63, 3.8) is 0 Å². The summed E-state index contributed by atoms with van der Waals surface area (Å²) in [5.74, 6) is 0.663. The first-order chi connectivity index (χ1) is 31.7. The van der Waals surface area contributed by atoms with E-state index in [0.29, 0.717) is 5.82 Å². The number of pyridine rings is 2. The Morgan fingerprint density at radius 3 is 1.11 bits per heavy atom. The molecule has 64 heavy (non-hydrogen) atoms. The molecule has 0 fully saturated rings. The van der Waals surface area contributed by atoms with Crippen LogP contribution < -0.4 is 0 Å². The number of rotatable bonds is 7. The number of nitrogens with zero attached hydrogens (tertiary/aromatic N) is 4. The first-order valence-electron chi connectivity index (χ1n) is 21.6. The van der Waals surface area contributed by atoms with Crippen LogP contribution in [0.3, 0.4) is 0 Å². The molecular formula is C60H38N4. The highest BCUT2D eigenvalue weighted by atomic mass is 14.9. The van der Waals surface area contributed by atoms with E-state index in [-0.39, 0.29) is 0 Å². The van der Waals surface area contributed by atoms with Crippen molar-refractivity contribution in [3.05, 3.63) is 231 Å². The van der Waals surface area contributed by atoms with Crippen molar-refractivity contribution < 1.29 is 0 Å². The highest BCUT2D eigenvalue weighted by Crippen LogP contribution is 2.46. The summed E-state index contributed by atoms with van der Waals surface area (Å²) in [7, 11) is 0. The number of aromatic nitrogens is 4. The number of hydrogen-bond acceptors (Lipinski definition) is 4. The predicted octanol–water partition coefficient (Wildman–Crippen LogP) is 15.5. The van der Waals surface area contributed by atoms with Gasteiger partial charge in [0.25, 0.3) is 0 Å². The van der Waals surface area contributed by atoms with Crippen LogP contribution in [-0.2, 0) is 0 Å². The van der Waals surface area contributed by atoms with Crippen LogP contribution in [0.25, 0.3) is 122 Å². The van der Waals surface area contributed by atoms with Crippen LogP contribution >= 0.6 is 0 Å². The second kappa shape index (κ2) is 15.7. The lowest BCUT2D eigenvalue weighted by molar-refractivity contribution is 1.18. The van der Waals surface area contributed by atoms with Gasteiger partial charge in [-0.05, 0) is 136 Å². The average molecular weight is 815 g/mol. The van der Waals surface area contributed by atoms with Gasteiger partial charge in [0.2, 0.25) is 0 Å². The van der Waals surface area contributed by atoms with E-state index < -0.39 is 0 Å². The van der Waals surface area contributed by atoms with Crippen molar-refractivity contribution in [3.8, 4) is 78.4 Å². The molecule has 4 heteroatoms. The van der Waals surface area contributed by atoms with E-state index in [0.717, 1.165) is 55.7 Å². The molecule has 298 valence electrons. The molecule has 4 nitrogen and oxygen atoms in total. The van der Waals surface area contributed by atoms with Gasteiger partial charge >= 0.3 is 0 Å². The van der Waals surface area contributed by atoms with Crippen LogP contribution in [0, 0.1) is 0 Å². The molecule has 0 aliphatic heterocycles. The van der Waals surface area contributed by atoms with Crippen molar-refractivity contribution in [2.75, 3.05) is 0 Å². The lowest BCUT2D eigenvalue weighted by Crippen LogP contribution is -1.97. The van der Waals surface area contributed by atoms with E-state index in [4.69, 9.17) is 9.97 Å². The molecule has 0 amide bonds. The van der Waals surface area contributed by atoms with E-state index >= 15 is 0 Å². The fourth-order valence-corrected chi connectivity index (χ4v) is 9.26. The van der Waals surface area contributed by atoms with E-state index in [1.807, 2.05) is 49.1 Å². The molecule has 0 atom stereocenters. The maximum atomic E-state index is 5.37. The summed E-state index contributed by atoms with van der Waals surface area (Å²) in [6.45, 7) is 0. The third kappa shape index (κ3) is 6.75. The van der Waals surface area contributed by atoms with Gasteiger partial charge in [-0.1, -0.05) is 158 Å². The summed E-state index contributed by atoms with van der Waals surface area (Å²) in [6.07, 6.45) is 7.31. The zero-order valence-electron chi connectivity index (χ0n) is 34.7. The van der Waals surface area contributed by atoms with Gasteiger partial charge in [0, 0.05) is 41.5 Å². The van der Waals surface area contributed by atoms with E-state index in [9.17, 15) is 0 Å². The number of hydrogen-bond donors (Lipinski definition) is 0. The normalized spacial score (nSPS) is 11.4. The maximum absolute atomic E-state index is 5.37. The van der Waals surface area contributed by atoms with Crippen LogP contribution in [0.1, 0.15) is 0 Å². The molecule has 3 aromatic heterocycles. The van der Waals surface area contributed by atoms with Crippen molar-refractivity contribution in [2.24, 2.45) is 0 Å². The first-order valence-corrected chi connectivity index (χ1v) is 21.6. The first kappa shape index (κ1) is 37.2. The Hall–Kier alpha value is -8.60. The van der Waals surface area contributed by atoms with Gasteiger partial charge < -0.3 is 0 Å². The van der Waals surface area contributed by atoms with Gasteiger partial charge in [0.05, 0.1) is 11.4 Å². The van der Waals surface area contributed by atoms with E-state index in [2.05, 4.69) is 192 Å². The van der Waals surface area contributed by atoms with Gasteiger partial charge in [-0.25, -0.2) is 9.97 Å². The second-order valence-corrected chi connectivity index (χ2v) is 16.3. The largest absolute Gasteiger partial charge is 0.265 e. The molecule has 0 saturated heterocycles. The van der Waals surface area contributed by atoms with Crippen molar-refractivity contribution in [1.29, 1.82) is 0 Å². The van der Waals surface area contributed by atoms with Crippen LogP contribution in [-0.4, -0.2) is 19.9 Å². The molecule has 3 heterocycles. The van der Waals surface area contributed by atoms with E-state index in [1.54, 1.807) is 0 Å². The topological polar surface area (TPSA) is 51.6 Å². The van der Waals surface area contributed by atoms with Gasteiger partial charge in [0.15, 0.2) is 5.82 Å². The SMILES string of the molecule is c1ccc2cc(-c3c4ccccc4c(-c4ccc5ccccc5c4)c4cc(-c5nc(-c6ccc(-c7ccncc7)cc6)cc(-c6ccc(-c7ccncc7)cc6)n5)ccc34)ccc2c1. The zero-order valence-corrected chi connectivity index (χ0v) is 34.7. The molecule has 0 unspecified atom stereocenters. The molecule has 9 aromatic carbocycles. The minimum Gasteiger partial charge on any atom is -0.265 e. The van der Waals surface area contributed by atoms with Crippen molar-refractivity contribution in [2.45, 2.75) is 0 Å². The Labute approximate surface area is 370 Å². The predicted molar refractivity (Wildman–Crippen MR) is 266 cm³/mol. The molecule has 0 aliphatic carbocycles. The smallest absolute Gasteiger partial charge is 0.160 e. The van der Waals surface area contributed by atoms with Crippen LogP contribution in [0.2, 0.25) is 0 Å². The zero-order chi connectivity index (χ0) is 42.4. The lowest BCUT2D eigenvalue weighted by Gasteiger charge is -2.19. The monoisotopic (exact) mass is 814 g/mol. The summed E-state index contributed by atoms with van der Waals surface area (Å²) >= 11 is 0. The van der Waals surface area contributed by atoms with Gasteiger partial charge in [-0.3, -0.25) is 9.97 Å².